The second kappa shape index (κ2) is 8.65. The number of anilines is 2. The smallest absolute Gasteiger partial charge is 0.244 e. The van der Waals surface area contributed by atoms with Gasteiger partial charge >= 0.3 is 0 Å². The molecule has 0 spiro atoms. The Kier molecular flexibility index (Phi) is 6.02. The molecule has 0 saturated heterocycles. The van der Waals surface area contributed by atoms with Crippen molar-refractivity contribution >= 4 is 23.3 Å². The molecule has 0 radical (unpaired) electrons. The largest absolute Gasteiger partial charge is 0.372 e. The Morgan fingerprint density at radius 2 is 2.03 bits per heavy atom. The summed E-state index contributed by atoms with van der Waals surface area (Å²) in [5.74, 6) is 0.364. The fraction of sp³-hybridized carbons (Fsp3) is 0.400. The first-order chi connectivity index (χ1) is 13.9. The van der Waals surface area contributed by atoms with Gasteiger partial charge in [0.25, 0.3) is 0 Å². The summed E-state index contributed by atoms with van der Waals surface area (Å²) in [6.45, 7) is 4.22. The molecular formula is C20H23N7O2. The molecule has 1 saturated carbocycles. The third-order valence-corrected chi connectivity index (χ3v) is 4.73. The highest BCUT2D eigenvalue weighted by Gasteiger charge is 2.29. The Hall–Kier alpha value is -3.54. The monoisotopic (exact) mass is 393 g/mol. The summed E-state index contributed by atoms with van der Waals surface area (Å²) < 4.78 is 0. The van der Waals surface area contributed by atoms with Gasteiger partial charge in [0.15, 0.2) is 11.5 Å². The number of hydrogen-bond donors (Lipinski definition) is 2. The third-order valence-electron chi connectivity index (χ3n) is 4.73. The van der Waals surface area contributed by atoms with Crippen LogP contribution in [0.2, 0.25) is 0 Å². The summed E-state index contributed by atoms with van der Waals surface area (Å²) in [6.07, 6.45) is 6.39. The summed E-state index contributed by atoms with van der Waals surface area (Å²) in [5, 5.41) is 15.1. The molecule has 2 aromatic rings. The number of amides is 2. The van der Waals surface area contributed by atoms with Gasteiger partial charge in [-0.25, -0.2) is 9.97 Å². The van der Waals surface area contributed by atoms with Gasteiger partial charge in [0.2, 0.25) is 11.8 Å². The van der Waals surface area contributed by atoms with Crippen LogP contribution >= 0.6 is 0 Å². The van der Waals surface area contributed by atoms with Crippen LogP contribution in [0.15, 0.2) is 24.7 Å². The molecular weight excluding hydrogens is 370 g/mol. The topological polar surface area (TPSA) is 124 Å². The predicted molar refractivity (Wildman–Crippen MR) is 108 cm³/mol. The number of aromatic nitrogens is 3. The van der Waals surface area contributed by atoms with Crippen molar-refractivity contribution in [3.8, 4) is 17.3 Å². The van der Waals surface area contributed by atoms with Crippen LogP contribution in [0.4, 0.5) is 11.5 Å². The second-order valence-corrected chi connectivity index (χ2v) is 7.00. The Labute approximate surface area is 169 Å². The molecule has 0 aromatic carbocycles. The van der Waals surface area contributed by atoms with E-state index < -0.39 is 6.04 Å². The predicted octanol–water partition coefficient (Wildman–Crippen LogP) is 2.04. The lowest BCUT2D eigenvalue weighted by Crippen LogP contribution is -2.39. The fourth-order valence-corrected chi connectivity index (χ4v) is 2.70. The highest BCUT2D eigenvalue weighted by molar-refractivity contribution is 5.93. The van der Waals surface area contributed by atoms with E-state index in [0.29, 0.717) is 29.3 Å². The number of nitrogens with zero attached hydrogens (tertiary/aromatic N) is 5. The number of carbonyl (C=O) groups is 2. The maximum absolute atomic E-state index is 12.3. The summed E-state index contributed by atoms with van der Waals surface area (Å²) in [4.78, 5) is 38.5. The number of rotatable bonds is 7. The van der Waals surface area contributed by atoms with Crippen molar-refractivity contribution in [2.24, 2.45) is 5.92 Å². The summed E-state index contributed by atoms with van der Waals surface area (Å²) in [6, 6.07) is 3.22. The van der Waals surface area contributed by atoms with E-state index in [4.69, 9.17) is 0 Å². The zero-order valence-corrected chi connectivity index (χ0v) is 16.6. The van der Waals surface area contributed by atoms with Crippen LogP contribution in [0.25, 0.3) is 11.3 Å². The number of carbonyl (C=O) groups excluding carboxylic acids is 2. The lowest BCUT2D eigenvalue weighted by atomic mass is 10.1. The van der Waals surface area contributed by atoms with Crippen LogP contribution in [0.3, 0.4) is 0 Å². The lowest BCUT2D eigenvalue weighted by Gasteiger charge is -2.21. The Bertz CT molecular complexity index is 948. The van der Waals surface area contributed by atoms with E-state index in [-0.39, 0.29) is 23.4 Å². The van der Waals surface area contributed by atoms with E-state index in [9.17, 15) is 14.9 Å². The van der Waals surface area contributed by atoms with Crippen molar-refractivity contribution in [2.45, 2.75) is 32.7 Å². The molecule has 2 heterocycles. The van der Waals surface area contributed by atoms with Crippen LogP contribution < -0.4 is 10.6 Å². The SMILES string of the molecule is CCN(C)C(=O)[C@H](C)Nc1cc(-c2cnc(NC(=O)C3CC3)cn2)cnc1C#N. The van der Waals surface area contributed by atoms with Gasteiger partial charge in [0.1, 0.15) is 12.1 Å². The minimum atomic E-state index is -0.518. The molecule has 2 amide bonds. The van der Waals surface area contributed by atoms with Crippen molar-refractivity contribution < 1.29 is 9.59 Å². The van der Waals surface area contributed by atoms with Crippen molar-refractivity contribution in [1.29, 1.82) is 5.26 Å². The number of nitriles is 1. The maximum Gasteiger partial charge on any atom is 0.244 e. The highest BCUT2D eigenvalue weighted by Crippen LogP contribution is 2.30. The molecule has 1 fully saturated rings. The first-order valence-corrected chi connectivity index (χ1v) is 9.47. The molecule has 9 heteroatoms. The van der Waals surface area contributed by atoms with Gasteiger partial charge in [-0.2, -0.15) is 5.26 Å². The van der Waals surface area contributed by atoms with Gasteiger partial charge in [0, 0.05) is 31.3 Å². The molecule has 9 nitrogen and oxygen atoms in total. The molecule has 3 rings (SSSR count). The second-order valence-electron chi connectivity index (χ2n) is 7.00. The average molecular weight is 393 g/mol. The van der Waals surface area contributed by atoms with E-state index in [1.165, 1.54) is 18.6 Å². The molecule has 1 aliphatic carbocycles. The van der Waals surface area contributed by atoms with Crippen molar-refractivity contribution in [3.63, 3.8) is 0 Å². The first kappa shape index (κ1) is 20.2. The van der Waals surface area contributed by atoms with Crippen LogP contribution in [-0.4, -0.2) is 51.3 Å². The Balaban J connectivity index is 1.78. The van der Waals surface area contributed by atoms with Gasteiger partial charge in [-0.15, -0.1) is 0 Å². The van der Waals surface area contributed by atoms with Gasteiger partial charge in [-0.3, -0.25) is 14.6 Å². The zero-order chi connectivity index (χ0) is 21.0. The number of hydrogen-bond acceptors (Lipinski definition) is 7. The molecule has 0 bridgehead atoms. The average Bonchev–Trinajstić information content (AvgIpc) is 3.58. The summed E-state index contributed by atoms with van der Waals surface area (Å²) >= 11 is 0. The van der Waals surface area contributed by atoms with Crippen LogP contribution in [0.5, 0.6) is 0 Å². The zero-order valence-electron chi connectivity index (χ0n) is 16.6. The summed E-state index contributed by atoms with van der Waals surface area (Å²) in [7, 11) is 1.72. The van der Waals surface area contributed by atoms with E-state index in [2.05, 4.69) is 25.6 Å². The van der Waals surface area contributed by atoms with E-state index >= 15 is 0 Å². The molecule has 1 aliphatic rings. The minimum Gasteiger partial charge on any atom is -0.372 e. The van der Waals surface area contributed by atoms with Crippen molar-refractivity contribution in [2.75, 3.05) is 24.2 Å². The van der Waals surface area contributed by atoms with E-state index in [0.717, 1.165) is 12.8 Å². The highest BCUT2D eigenvalue weighted by atomic mass is 16.2. The van der Waals surface area contributed by atoms with E-state index in [1.807, 2.05) is 13.0 Å². The Morgan fingerprint density at radius 3 is 2.62 bits per heavy atom. The quantitative estimate of drug-likeness (QED) is 0.737. The standard InChI is InChI=1S/C20H23N7O2/c1-4-27(3)20(29)12(2)25-15-7-14(9-22-16(15)8-21)17-10-24-18(11-23-17)26-19(28)13-5-6-13/h7,9-13,25H,4-6H2,1-3H3,(H,24,26,28)/t12-/m0/s1. The maximum atomic E-state index is 12.3. The molecule has 0 unspecified atom stereocenters. The first-order valence-electron chi connectivity index (χ1n) is 9.47. The minimum absolute atomic E-state index is 0.0331. The Morgan fingerprint density at radius 1 is 1.28 bits per heavy atom. The molecule has 0 aliphatic heterocycles. The van der Waals surface area contributed by atoms with Gasteiger partial charge in [-0.05, 0) is 32.8 Å². The van der Waals surface area contributed by atoms with Gasteiger partial charge in [0.05, 0.1) is 23.8 Å². The number of pyridine rings is 1. The van der Waals surface area contributed by atoms with Crippen LogP contribution in [-0.2, 0) is 9.59 Å². The van der Waals surface area contributed by atoms with Crippen molar-refractivity contribution in [3.05, 3.63) is 30.4 Å². The fourth-order valence-electron chi connectivity index (χ4n) is 2.70. The molecule has 29 heavy (non-hydrogen) atoms. The van der Waals surface area contributed by atoms with Crippen LogP contribution in [0, 0.1) is 17.2 Å². The number of likely N-dealkylation sites (N-methyl/N-ethyl adjacent to an activating group) is 1. The molecule has 2 aromatic heterocycles. The van der Waals surface area contributed by atoms with Gasteiger partial charge in [-0.1, -0.05) is 0 Å². The number of nitrogens with one attached hydrogen (secondary N) is 2. The van der Waals surface area contributed by atoms with Gasteiger partial charge < -0.3 is 15.5 Å². The van der Waals surface area contributed by atoms with Crippen LogP contribution in [0.1, 0.15) is 32.4 Å². The molecule has 150 valence electrons. The summed E-state index contributed by atoms with van der Waals surface area (Å²) in [5.41, 5.74) is 1.82. The molecule has 1 atom stereocenters. The normalized spacial score (nSPS) is 13.9. The van der Waals surface area contributed by atoms with E-state index in [1.54, 1.807) is 24.9 Å². The lowest BCUT2D eigenvalue weighted by molar-refractivity contribution is -0.130. The molecule has 2 N–H and O–H groups in total. The van der Waals surface area contributed by atoms with Crippen molar-refractivity contribution in [1.82, 2.24) is 19.9 Å². The third kappa shape index (κ3) is 4.85.